The summed E-state index contributed by atoms with van der Waals surface area (Å²) in [6.07, 6.45) is 1.96. The molecule has 0 fully saturated rings. The molecule has 0 saturated heterocycles. The lowest BCUT2D eigenvalue weighted by Gasteiger charge is -2.05. The number of aromatic amines is 1. The largest absolute Gasteiger partial charge is 0.464 e. The second-order valence-corrected chi connectivity index (χ2v) is 5.97. The highest BCUT2D eigenvalue weighted by molar-refractivity contribution is 6.01. The van der Waals surface area contributed by atoms with E-state index in [0.29, 0.717) is 12.2 Å². The van der Waals surface area contributed by atoms with Crippen LogP contribution in [0.15, 0.2) is 65.3 Å². The predicted octanol–water partition coefficient (Wildman–Crippen LogP) is 4.31. The van der Waals surface area contributed by atoms with E-state index in [-0.39, 0.29) is 5.91 Å². The van der Waals surface area contributed by atoms with E-state index < -0.39 is 0 Å². The van der Waals surface area contributed by atoms with Crippen LogP contribution in [0.4, 0.5) is 5.82 Å². The lowest BCUT2D eigenvalue weighted by Crippen LogP contribution is -2.14. The van der Waals surface area contributed by atoms with E-state index >= 15 is 0 Å². The Morgan fingerprint density at radius 1 is 1.16 bits per heavy atom. The van der Waals surface area contributed by atoms with Crippen molar-refractivity contribution in [2.75, 3.05) is 5.32 Å². The number of H-pyrrole nitrogens is 1. The third kappa shape index (κ3) is 3.04. The van der Waals surface area contributed by atoms with Crippen LogP contribution in [0.1, 0.15) is 11.1 Å². The molecule has 2 aromatic carbocycles. The molecular formula is C20H17N3O2. The van der Waals surface area contributed by atoms with Crippen molar-refractivity contribution in [3.63, 3.8) is 0 Å². The first kappa shape index (κ1) is 15.2. The number of benzene rings is 2. The highest BCUT2D eigenvalue weighted by atomic mass is 16.3. The summed E-state index contributed by atoms with van der Waals surface area (Å²) in [6.45, 7) is 2.02. The average Bonchev–Trinajstić information content (AvgIpc) is 3.25. The highest BCUT2D eigenvalue weighted by Gasteiger charge is 2.14. The molecule has 5 heteroatoms. The molecule has 124 valence electrons. The number of nitrogens with one attached hydrogen (secondary N) is 2. The molecule has 1 amide bonds. The highest BCUT2D eigenvalue weighted by Crippen LogP contribution is 2.31. The molecular weight excluding hydrogens is 314 g/mol. The average molecular weight is 331 g/mol. The third-order valence-corrected chi connectivity index (χ3v) is 4.16. The Hall–Kier alpha value is -3.34. The molecule has 4 aromatic rings. The number of hydrogen-bond donors (Lipinski definition) is 2. The minimum Gasteiger partial charge on any atom is -0.464 e. The Kier molecular flexibility index (Phi) is 3.82. The molecule has 4 rings (SSSR count). The summed E-state index contributed by atoms with van der Waals surface area (Å²) in [6, 6.07) is 17.4. The monoisotopic (exact) mass is 331 g/mol. The van der Waals surface area contributed by atoms with Gasteiger partial charge in [-0.1, -0.05) is 30.3 Å². The minimum absolute atomic E-state index is 0.0975. The van der Waals surface area contributed by atoms with E-state index in [0.717, 1.165) is 33.4 Å². The Balaban J connectivity index is 1.64. The fraction of sp³-hybridized carbons (Fsp3) is 0.100. The Bertz CT molecular complexity index is 1020. The van der Waals surface area contributed by atoms with Crippen LogP contribution >= 0.6 is 0 Å². The number of carbonyl (C=O) groups is 1. The first-order valence-corrected chi connectivity index (χ1v) is 8.07. The molecule has 0 aliphatic rings. The van der Waals surface area contributed by atoms with Gasteiger partial charge in [-0.2, -0.15) is 5.10 Å². The number of fused-ring (bicyclic) bond motifs is 1. The maximum atomic E-state index is 12.3. The normalized spacial score (nSPS) is 10.9. The second-order valence-electron chi connectivity index (χ2n) is 5.97. The van der Waals surface area contributed by atoms with Crippen LogP contribution in [-0.4, -0.2) is 16.1 Å². The minimum atomic E-state index is -0.0975. The summed E-state index contributed by atoms with van der Waals surface area (Å²) in [5.74, 6) is 1.23. The van der Waals surface area contributed by atoms with Gasteiger partial charge in [0, 0.05) is 10.9 Å². The second kappa shape index (κ2) is 6.28. The number of aromatic nitrogens is 2. The number of rotatable bonds is 4. The van der Waals surface area contributed by atoms with E-state index in [2.05, 4.69) is 15.5 Å². The Morgan fingerprint density at radius 2 is 2.00 bits per heavy atom. The zero-order valence-corrected chi connectivity index (χ0v) is 13.7. The molecule has 2 heterocycles. The molecule has 0 radical (unpaired) electrons. The van der Waals surface area contributed by atoms with Gasteiger partial charge >= 0.3 is 0 Å². The first-order valence-electron chi connectivity index (χ1n) is 8.07. The smallest absolute Gasteiger partial charge is 0.230 e. The number of carbonyl (C=O) groups excluding carboxylic acids is 1. The van der Waals surface area contributed by atoms with Gasteiger partial charge in [0.15, 0.2) is 5.82 Å². The maximum Gasteiger partial charge on any atom is 0.230 e. The lowest BCUT2D eigenvalue weighted by atomic mass is 10.0. The van der Waals surface area contributed by atoms with Gasteiger partial charge in [0.25, 0.3) is 0 Å². The number of nitrogens with zero attached hydrogens (tertiary/aromatic N) is 1. The van der Waals surface area contributed by atoms with Crippen molar-refractivity contribution in [3.05, 3.63) is 72.0 Å². The SMILES string of the molecule is Cc1cc2[nH]nc(NC(=O)Cc3ccccc3)c2cc1-c1ccco1. The predicted molar refractivity (Wildman–Crippen MR) is 97.3 cm³/mol. The quantitative estimate of drug-likeness (QED) is 0.585. The summed E-state index contributed by atoms with van der Waals surface area (Å²) in [7, 11) is 0. The van der Waals surface area contributed by atoms with E-state index in [1.807, 2.05) is 61.5 Å². The van der Waals surface area contributed by atoms with Crippen molar-refractivity contribution in [2.45, 2.75) is 13.3 Å². The van der Waals surface area contributed by atoms with Gasteiger partial charge in [0.1, 0.15) is 5.76 Å². The van der Waals surface area contributed by atoms with E-state index in [1.165, 1.54) is 0 Å². The van der Waals surface area contributed by atoms with Crippen LogP contribution in [0.25, 0.3) is 22.2 Å². The van der Waals surface area contributed by atoms with Gasteiger partial charge < -0.3 is 9.73 Å². The van der Waals surface area contributed by atoms with Gasteiger partial charge in [0.05, 0.1) is 18.2 Å². The molecule has 0 aliphatic carbocycles. The van der Waals surface area contributed by atoms with Gasteiger partial charge in [-0.15, -0.1) is 0 Å². The molecule has 25 heavy (non-hydrogen) atoms. The van der Waals surface area contributed by atoms with Crippen molar-refractivity contribution in [2.24, 2.45) is 0 Å². The van der Waals surface area contributed by atoms with Crippen LogP contribution in [0.5, 0.6) is 0 Å². The molecule has 2 aromatic heterocycles. The summed E-state index contributed by atoms with van der Waals surface area (Å²) < 4.78 is 5.51. The van der Waals surface area contributed by atoms with E-state index in [4.69, 9.17) is 4.42 Å². The molecule has 5 nitrogen and oxygen atoms in total. The molecule has 0 unspecified atom stereocenters. The van der Waals surface area contributed by atoms with Gasteiger partial charge in [0.2, 0.25) is 5.91 Å². The lowest BCUT2D eigenvalue weighted by molar-refractivity contribution is -0.115. The molecule has 0 saturated carbocycles. The number of furan rings is 1. The Morgan fingerprint density at radius 3 is 2.76 bits per heavy atom. The van der Waals surface area contributed by atoms with Gasteiger partial charge in [-0.05, 0) is 42.3 Å². The summed E-state index contributed by atoms with van der Waals surface area (Å²) >= 11 is 0. The Labute approximate surface area is 144 Å². The van der Waals surface area contributed by atoms with Gasteiger partial charge in [-0.25, -0.2) is 0 Å². The van der Waals surface area contributed by atoms with Crippen LogP contribution in [-0.2, 0) is 11.2 Å². The molecule has 2 N–H and O–H groups in total. The third-order valence-electron chi connectivity index (χ3n) is 4.16. The van der Waals surface area contributed by atoms with Crippen LogP contribution < -0.4 is 5.32 Å². The van der Waals surface area contributed by atoms with Crippen molar-refractivity contribution in [3.8, 4) is 11.3 Å². The van der Waals surface area contributed by atoms with Crippen LogP contribution in [0, 0.1) is 6.92 Å². The van der Waals surface area contributed by atoms with Crippen LogP contribution in [0.3, 0.4) is 0 Å². The molecule has 0 spiro atoms. The van der Waals surface area contributed by atoms with Crippen molar-refractivity contribution < 1.29 is 9.21 Å². The zero-order chi connectivity index (χ0) is 17.2. The summed E-state index contributed by atoms with van der Waals surface area (Å²) in [5, 5.41) is 11.0. The summed E-state index contributed by atoms with van der Waals surface area (Å²) in [5.41, 5.74) is 3.90. The topological polar surface area (TPSA) is 70.9 Å². The zero-order valence-electron chi connectivity index (χ0n) is 13.7. The molecule has 0 aliphatic heterocycles. The van der Waals surface area contributed by atoms with Crippen LogP contribution in [0.2, 0.25) is 0 Å². The van der Waals surface area contributed by atoms with Crippen molar-refractivity contribution in [1.29, 1.82) is 0 Å². The molecule has 0 bridgehead atoms. The van der Waals surface area contributed by atoms with E-state index in [9.17, 15) is 4.79 Å². The first-order chi connectivity index (χ1) is 12.2. The number of amides is 1. The van der Waals surface area contributed by atoms with Crippen molar-refractivity contribution in [1.82, 2.24) is 10.2 Å². The number of anilines is 1. The maximum absolute atomic E-state index is 12.3. The fourth-order valence-electron chi connectivity index (χ4n) is 2.92. The van der Waals surface area contributed by atoms with Crippen molar-refractivity contribution >= 4 is 22.6 Å². The number of aryl methyl sites for hydroxylation is 1. The van der Waals surface area contributed by atoms with E-state index in [1.54, 1.807) is 6.26 Å². The standard InChI is InChI=1S/C20H17N3O2/c1-13-10-17-16(12-15(13)18-8-5-9-25-18)20(23-22-17)21-19(24)11-14-6-3-2-4-7-14/h2-10,12H,11H2,1H3,(H2,21,22,23,24). The van der Waals surface area contributed by atoms with Gasteiger partial charge in [-0.3, -0.25) is 9.89 Å². The summed E-state index contributed by atoms with van der Waals surface area (Å²) in [4.78, 5) is 12.3. The molecule has 0 atom stereocenters. The fourth-order valence-corrected chi connectivity index (χ4v) is 2.92. The number of hydrogen-bond acceptors (Lipinski definition) is 3.